The molecule has 0 spiro atoms. The molecule has 1 atom stereocenters. The second-order valence-electron chi connectivity index (χ2n) is 3.98. The van der Waals surface area contributed by atoms with E-state index in [-0.39, 0.29) is 17.0 Å². The molecule has 0 amide bonds. The maximum Gasteiger partial charge on any atom is 0.171 e. The molecule has 1 N–H and O–H groups in total. The molecule has 0 saturated heterocycles. The lowest BCUT2D eigenvalue weighted by atomic mass is 10.2. The van der Waals surface area contributed by atoms with Crippen molar-refractivity contribution in [3.8, 4) is 0 Å². The van der Waals surface area contributed by atoms with Crippen LogP contribution >= 0.6 is 28.7 Å². The van der Waals surface area contributed by atoms with Crippen LogP contribution in [0.2, 0.25) is 0 Å². The van der Waals surface area contributed by atoms with Crippen LogP contribution in [0.1, 0.15) is 25.8 Å². The van der Waals surface area contributed by atoms with Gasteiger partial charge in [-0.1, -0.05) is 49.0 Å². The summed E-state index contributed by atoms with van der Waals surface area (Å²) in [6.07, 6.45) is 1.04. The van der Waals surface area contributed by atoms with E-state index in [9.17, 15) is 5.11 Å². The zero-order valence-electron chi connectivity index (χ0n) is 10.1. The third-order valence-corrected chi connectivity index (χ3v) is 4.26. The average Bonchev–Trinajstić information content (AvgIpc) is 2.58. The van der Waals surface area contributed by atoms with Gasteiger partial charge in [-0.05, 0) is 18.9 Å². The monoisotopic (exact) mass is 315 g/mol. The fraction of sp³-hybridized carbons (Fsp3) is 0.385. The van der Waals surface area contributed by atoms with Crippen LogP contribution in [0.5, 0.6) is 0 Å². The summed E-state index contributed by atoms with van der Waals surface area (Å²) < 4.78 is 0. The number of rotatable bonds is 3. The number of hydrogen-bond donors (Lipinski definition) is 1. The Balaban J connectivity index is 0.00000144. The van der Waals surface area contributed by atoms with Gasteiger partial charge in [-0.15, -0.1) is 17.0 Å². The fourth-order valence-electron chi connectivity index (χ4n) is 1.92. The van der Waals surface area contributed by atoms with Crippen molar-refractivity contribution in [2.45, 2.75) is 32.2 Å². The zero-order valence-corrected chi connectivity index (χ0v) is 12.6. The van der Waals surface area contributed by atoms with Crippen molar-refractivity contribution in [2.24, 2.45) is 0 Å². The first kappa shape index (κ1) is 14.5. The predicted octanol–water partition coefficient (Wildman–Crippen LogP) is 4.30. The van der Waals surface area contributed by atoms with E-state index in [4.69, 9.17) is 0 Å². The molecule has 0 radical (unpaired) electrons. The molecule has 2 rings (SSSR count). The van der Waals surface area contributed by atoms with Gasteiger partial charge in [0.25, 0.3) is 0 Å². The molecule has 0 saturated carbocycles. The van der Waals surface area contributed by atoms with Crippen molar-refractivity contribution in [3.05, 3.63) is 46.7 Å². The topological polar surface area (TPSA) is 23.5 Å². The summed E-state index contributed by atoms with van der Waals surface area (Å²) in [7, 11) is 0. The number of aliphatic hydroxyl groups excluding tert-OH is 1. The molecule has 0 aliphatic carbocycles. The minimum absolute atomic E-state index is 0. The lowest BCUT2D eigenvalue weighted by Gasteiger charge is -2.26. The van der Waals surface area contributed by atoms with E-state index in [0.717, 1.165) is 18.7 Å². The summed E-state index contributed by atoms with van der Waals surface area (Å²) in [6, 6.07) is 10.4. The molecule has 17 heavy (non-hydrogen) atoms. The van der Waals surface area contributed by atoms with Crippen LogP contribution in [0.3, 0.4) is 0 Å². The number of nitrogens with zero attached hydrogens (tertiary/aromatic N) is 1. The normalized spacial score (nSPS) is 19.4. The molecule has 1 unspecified atom stereocenters. The van der Waals surface area contributed by atoms with Crippen LogP contribution in [0.4, 0.5) is 0 Å². The average molecular weight is 316 g/mol. The number of allylic oxidation sites excluding steroid dienone is 1. The molecule has 0 aromatic heterocycles. The van der Waals surface area contributed by atoms with Gasteiger partial charge in [0, 0.05) is 6.54 Å². The molecule has 1 aliphatic rings. The highest BCUT2D eigenvalue weighted by Crippen LogP contribution is 2.38. The van der Waals surface area contributed by atoms with Gasteiger partial charge in [0.1, 0.15) is 0 Å². The smallest absolute Gasteiger partial charge is 0.171 e. The van der Waals surface area contributed by atoms with E-state index in [1.165, 1.54) is 5.56 Å². The Hall–Kier alpha value is -0.610. The van der Waals surface area contributed by atoms with Crippen molar-refractivity contribution in [3.63, 3.8) is 0 Å². The number of thioether (sulfide) groups is 1. The highest BCUT2D eigenvalue weighted by atomic mass is 79.9. The number of halogens is 1. The number of benzene rings is 1. The van der Waals surface area contributed by atoms with Gasteiger partial charge < -0.3 is 10.0 Å². The van der Waals surface area contributed by atoms with Crippen LogP contribution in [0.15, 0.2) is 41.1 Å². The fourth-order valence-corrected chi connectivity index (χ4v) is 2.99. The van der Waals surface area contributed by atoms with Crippen molar-refractivity contribution < 1.29 is 5.11 Å². The van der Waals surface area contributed by atoms with Crippen LogP contribution in [0.25, 0.3) is 0 Å². The number of hydrogen-bond acceptors (Lipinski definition) is 3. The Bertz CT molecular complexity index is 394. The summed E-state index contributed by atoms with van der Waals surface area (Å²) in [5.74, 6) is 0. The molecule has 0 bridgehead atoms. The highest BCUT2D eigenvalue weighted by molar-refractivity contribution is 8.93. The second kappa shape index (κ2) is 6.36. The zero-order chi connectivity index (χ0) is 11.5. The van der Waals surface area contributed by atoms with Crippen molar-refractivity contribution in [1.29, 1.82) is 0 Å². The summed E-state index contributed by atoms with van der Waals surface area (Å²) in [4.78, 5) is 2.27. The van der Waals surface area contributed by atoms with Gasteiger partial charge in [-0.2, -0.15) is 0 Å². The van der Waals surface area contributed by atoms with Gasteiger partial charge in [-0.25, -0.2) is 0 Å². The summed E-state index contributed by atoms with van der Waals surface area (Å²) >= 11 is 1.56. The first-order valence-electron chi connectivity index (χ1n) is 5.59. The maximum absolute atomic E-state index is 9.75. The van der Waals surface area contributed by atoms with Gasteiger partial charge in [-0.3, -0.25) is 0 Å². The van der Waals surface area contributed by atoms with Crippen molar-refractivity contribution in [2.75, 3.05) is 0 Å². The maximum atomic E-state index is 9.75. The van der Waals surface area contributed by atoms with Gasteiger partial charge in [0.05, 0.1) is 11.1 Å². The Morgan fingerprint density at radius 1 is 1.29 bits per heavy atom. The largest absolute Gasteiger partial charge is 0.501 e. The standard InChI is InChI=1S/C13H17NOS.BrH/c1-3-12-14(10(2)13(15)16-12)9-11-7-5-4-6-8-11;/h4-8,12,15H,3,9H2,1-2H3;1H. The summed E-state index contributed by atoms with van der Waals surface area (Å²) in [6.45, 7) is 5.02. The molecular formula is C13H18BrNOS. The van der Waals surface area contributed by atoms with Crippen LogP contribution in [0, 0.1) is 0 Å². The number of aliphatic hydroxyl groups is 1. The Kier molecular flexibility index (Phi) is 5.40. The van der Waals surface area contributed by atoms with Crippen molar-refractivity contribution in [1.82, 2.24) is 4.90 Å². The SMILES string of the molecule is Br.CCC1SC(O)=C(C)N1Cc1ccccc1. The first-order chi connectivity index (χ1) is 7.72. The predicted molar refractivity (Wildman–Crippen MR) is 79.3 cm³/mol. The lowest BCUT2D eigenvalue weighted by molar-refractivity contribution is 0.308. The van der Waals surface area contributed by atoms with E-state index in [1.807, 2.05) is 13.0 Å². The quantitative estimate of drug-likeness (QED) is 0.899. The highest BCUT2D eigenvalue weighted by Gasteiger charge is 2.28. The Morgan fingerprint density at radius 2 is 1.94 bits per heavy atom. The minimum atomic E-state index is 0. The molecule has 94 valence electrons. The van der Waals surface area contributed by atoms with E-state index in [0.29, 0.717) is 10.5 Å². The molecule has 0 fully saturated rings. The summed E-state index contributed by atoms with van der Waals surface area (Å²) in [5.41, 5.74) is 2.29. The van der Waals surface area contributed by atoms with E-state index < -0.39 is 0 Å². The molecule has 1 aromatic rings. The van der Waals surface area contributed by atoms with E-state index >= 15 is 0 Å². The minimum Gasteiger partial charge on any atom is -0.501 e. The molecule has 1 heterocycles. The summed E-state index contributed by atoms with van der Waals surface area (Å²) in [5, 5.41) is 10.6. The van der Waals surface area contributed by atoms with Crippen LogP contribution < -0.4 is 0 Å². The van der Waals surface area contributed by atoms with Gasteiger partial charge >= 0.3 is 0 Å². The molecule has 4 heteroatoms. The first-order valence-corrected chi connectivity index (χ1v) is 6.47. The van der Waals surface area contributed by atoms with Crippen LogP contribution in [-0.2, 0) is 6.54 Å². The molecule has 1 aromatic carbocycles. The van der Waals surface area contributed by atoms with Crippen molar-refractivity contribution >= 4 is 28.7 Å². The molecule has 1 aliphatic heterocycles. The Labute approximate surface area is 117 Å². The van der Waals surface area contributed by atoms with Gasteiger partial charge in [0.15, 0.2) is 5.09 Å². The Morgan fingerprint density at radius 3 is 2.53 bits per heavy atom. The lowest BCUT2D eigenvalue weighted by Crippen LogP contribution is -2.26. The van der Waals surface area contributed by atoms with Crippen LogP contribution in [-0.4, -0.2) is 15.4 Å². The van der Waals surface area contributed by atoms with Gasteiger partial charge in [0.2, 0.25) is 0 Å². The third-order valence-electron chi connectivity index (χ3n) is 2.88. The molecule has 2 nitrogen and oxygen atoms in total. The third kappa shape index (κ3) is 3.19. The van der Waals surface area contributed by atoms with E-state index in [2.05, 4.69) is 36.1 Å². The second-order valence-corrected chi connectivity index (χ2v) is 5.15. The molecular weight excluding hydrogens is 298 g/mol. The van der Waals surface area contributed by atoms with E-state index in [1.54, 1.807) is 11.8 Å².